The highest BCUT2D eigenvalue weighted by Crippen LogP contribution is 2.38. The summed E-state index contributed by atoms with van der Waals surface area (Å²) in [4.78, 5) is 12.5. The zero-order valence-electron chi connectivity index (χ0n) is 14.8. The smallest absolute Gasteiger partial charge is 0.343 e. The molecule has 0 heterocycles. The molecule has 5 heteroatoms. The minimum absolute atomic E-state index is 0.340. The third kappa shape index (κ3) is 3.55. The molecule has 0 atom stereocenters. The van der Waals surface area contributed by atoms with E-state index in [1.165, 1.54) is 45.3 Å². The van der Waals surface area contributed by atoms with Gasteiger partial charge in [-0.05, 0) is 61.1 Å². The largest absolute Gasteiger partial charge is 0.493 e. The Kier molecular flexibility index (Phi) is 5.12. The van der Waals surface area contributed by atoms with E-state index < -0.39 is 5.97 Å². The number of rotatable bonds is 5. The monoisotopic (exact) mass is 342 g/mol. The molecular formula is C20H22O5. The van der Waals surface area contributed by atoms with E-state index in [2.05, 4.69) is 0 Å². The van der Waals surface area contributed by atoms with Crippen LogP contribution in [-0.4, -0.2) is 27.3 Å². The van der Waals surface area contributed by atoms with Gasteiger partial charge in [0.1, 0.15) is 5.75 Å². The number of hydrogen-bond acceptors (Lipinski definition) is 5. The number of carbonyl (C=O) groups is 1. The molecule has 0 spiro atoms. The van der Waals surface area contributed by atoms with Gasteiger partial charge >= 0.3 is 5.97 Å². The fraction of sp³-hybridized carbons (Fsp3) is 0.350. The van der Waals surface area contributed by atoms with Gasteiger partial charge in [-0.25, -0.2) is 4.79 Å². The molecule has 0 saturated carbocycles. The van der Waals surface area contributed by atoms with E-state index in [1.54, 1.807) is 12.1 Å². The average Bonchev–Trinajstić information content (AvgIpc) is 2.66. The second kappa shape index (κ2) is 7.47. The summed E-state index contributed by atoms with van der Waals surface area (Å²) in [6.07, 6.45) is 4.52. The van der Waals surface area contributed by atoms with Crippen molar-refractivity contribution in [3.05, 3.63) is 47.0 Å². The van der Waals surface area contributed by atoms with Crippen LogP contribution in [0.3, 0.4) is 0 Å². The second-order valence-electron chi connectivity index (χ2n) is 5.94. The van der Waals surface area contributed by atoms with Gasteiger partial charge in [0.15, 0.2) is 11.5 Å². The summed E-state index contributed by atoms with van der Waals surface area (Å²) in [7, 11) is 4.54. The minimum Gasteiger partial charge on any atom is -0.493 e. The highest BCUT2D eigenvalue weighted by atomic mass is 16.5. The minimum atomic E-state index is -0.463. The number of carbonyl (C=O) groups excluding carboxylic acids is 1. The molecule has 2 aromatic rings. The van der Waals surface area contributed by atoms with Crippen molar-refractivity contribution < 1.29 is 23.7 Å². The molecule has 1 aliphatic rings. The standard InChI is InChI=1S/C20H22O5/c1-22-17-11-15(12-18(23-2)19(17)24-3)20(21)25-16-9-8-13-6-4-5-7-14(13)10-16/h8-12H,4-7H2,1-3H3. The molecule has 0 aromatic heterocycles. The van der Waals surface area contributed by atoms with Gasteiger partial charge in [-0.2, -0.15) is 0 Å². The maximum absolute atomic E-state index is 12.5. The summed E-state index contributed by atoms with van der Waals surface area (Å²) in [5.74, 6) is 1.36. The first-order valence-electron chi connectivity index (χ1n) is 8.30. The molecule has 3 rings (SSSR count). The first-order valence-corrected chi connectivity index (χ1v) is 8.30. The summed E-state index contributed by atoms with van der Waals surface area (Å²) in [5.41, 5.74) is 2.95. The maximum atomic E-state index is 12.5. The third-order valence-corrected chi connectivity index (χ3v) is 4.43. The number of methoxy groups -OCH3 is 3. The van der Waals surface area contributed by atoms with E-state index in [4.69, 9.17) is 18.9 Å². The molecule has 1 aliphatic carbocycles. The lowest BCUT2D eigenvalue weighted by atomic mass is 9.92. The van der Waals surface area contributed by atoms with E-state index in [0.717, 1.165) is 12.8 Å². The van der Waals surface area contributed by atoms with Crippen LogP contribution >= 0.6 is 0 Å². The predicted molar refractivity (Wildman–Crippen MR) is 94.1 cm³/mol. The summed E-state index contributed by atoms with van der Waals surface area (Å²) < 4.78 is 21.4. The lowest BCUT2D eigenvalue weighted by Gasteiger charge is -2.17. The first-order chi connectivity index (χ1) is 12.2. The highest BCUT2D eigenvalue weighted by Gasteiger charge is 2.19. The van der Waals surface area contributed by atoms with Crippen LogP contribution in [0.1, 0.15) is 34.3 Å². The van der Waals surface area contributed by atoms with Gasteiger partial charge in [0, 0.05) is 0 Å². The molecule has 0 fully saturated rings. The third-order valence-electron chi connectivity index (χ3n) is 4.43. The van der Waals surface area contributed by atoms with E-state index in [9.17, 15) is 4.79 Å². The van der Waals surface area contributed by atoms with Crippen LogP contribution in [-0.2, 0) is 12.8 Å². The van der Waals surface area contributed by atoms with Gasteiger partial charge in [-0.15, -0.1) is 0 Å². The van der Waals surface area contributed by atoms with Gasteiger partial charge < -0.3 is 18.9 Å². The molecule has 132 valence electrons. The van der Waals surface area contributed by atoms with Crippen LogP contribution in [0.4, 0.5) is 0 Å². The molecule has 5 nitrogen and oxygen atoms in total. The van der Waals surface area contributed by atoms with Gasteiger partial charge in [-0.1, -0.05) is 6.07 Å². The Morgan fingerprint density at radius 2 is 1.48 bits per heavy atom. The van der Waals surface area contributed by atoms with Crippen LogP contribution in [0, 0.1) is 0 Å². The second-order valence-corrected chi connectivity index (χ2v) is 5.94. The molecule has 2 aromatic carbocycles. The Morgan fingerprint density at radius 1 is 0.840 bits per heavy atom. The molecule has 0 radical (unpaired) electrons. The summed E-state index contributed by atoms with van der Waals surface area (Å²) in [6.45, 7) is 0. The number of ether oxygens (including phenoxy) is 4. The van der Waals surface area contributed by atoms with E-state index >= 15 is 0 Å². The Morgan fingerprint density at radius 3 is 2.08 bits per heavy atom. The molecule has 0 unspecified atom stereocenters. The Bertz CT molecular complexity index is 757. The lowest BCUT2D eigenvalue weighted by Crippen LogP contribution is -2.11. The molecule has 0 N–H and O–H groups in total. The SMILES string of the molecule is COc1cc(C(=O)Oc2ccc3c(c2)CCCC3)cc(OC)c1OC. The molecule has 25 heavy (non-hydrogen) atoms. The Labute approximate surface area is 147 Å². The molecular weight excluding hydrogens is 320 g/mol. The zero-order valence-corrected chi connectivity index (χ0v) is 14.8. The maximum Gasteiger partial charge on any atom is 0.343 e. The van der Waals surface area contributed by atoms with Crippen molar-refractivity contribution in [3.8, 4) is 23.0 Å². The lowest BCUT2D eigenvalue weighted by molar-refractivity contribution is 0.0733. The summed E-state index contributed by atoms with van der Waals surface area (Å²) >= 11 is 0. The van der Waals surface area contributed by atoms with Crippen molar-refractivity contribution in [1.82, 2.24) is 0 Å². The Hall–Kier alpha value is -2.69. The van der Waals surface area contributed by atoms with Crippen molar-refractivity contribution in [1.29, 1.82) is 0 Å². The van der Waals surface area contributed by atoms with Gasteiger partial charge in [0.25, 0.3) is 0 Å². The fourth-order valence-corrected chi connectivity index (χ4v) is 3.14. The molecule has 0 aliphatic heterocycles. The summed E-state index contributed by atoms with van der Waals surface area (Å²) in [6, 6.07) is 9.03. The first kappa shape index (κ1) is 17.1. The number of fused-ring (bicyclic) bond motifs is 1. The van der Waals surface area contributed by atoms with Crippen molar-refractivity contribution in [2.24, 2.45) is 0 Å². The number of benzene rings is 2. The predicted octanol–water partition coefficient (Wildman–Crippen LogP) is 3.81. The summed E-state index contributed by atoms with van der Waals surface area (Å²) in [5, 5.41) is 0. The van der Waals surface area contributed by atoms with Gasteiger partial charge in [0.05, 0.1) is 26.9 Å². The highest BCUT2D eigenvalue weighted by molar-refractivity contribution is 5.92. The molecule has 0 amide bonds. The van der Waals surface area contributed by atoms with Gasteiger partial charge in [0.2, 0.25) is 5.75 Å². The zero-order chi connectivity index (χ0) is 17.8. The van der Waals surface area contributed by atoms with Crippen LogP contribution in [0.2, 0.25) is 0 Å². The number of esters is 1. The van der Waals surface area contributed by atoms with Crippen LogP contribution in [0.15, 0.2) is 30.3 Å². The normalized spacial score (nSPS) is 12.9. The van der Waals surface area contributed by atoms with Gasteiger partial charge in [-0.3, -0.25) is 0 Å². The van der Waals surface area contributed by atoms with Crippen molar-refractivity contribution in [3.63, 3.8) is 0 Å². The fourth-order valence-electron chi connectivity index (χ4n) is 3.14. The molecule has 0 bridgehead atoms. The average molecular weight is 342 g/mol. The van der Waals surface area contributed by atoms with E-state index in [-0.39, 0.29) is 0 Å². The van der Waals surface area contributed by atoms with Crippen molar-refractivity contribution >= 4 is 5.97 Å². The quantitative estimate of drug-likeness (QED) is 0.611. The molecule has 0 saturated heterocycles. The van der Waals surface area contributed by atoms with E-state index in [0.29, 0.717) is 28.6 Å². The van der Waals surface area contributed by atoms with Crippen molar-refractivity contribution in [2.45, 2.75) is 25.7 Å². The van der Waals surface area contributed by atoms with Crippen molar-refractivity contribution in [2.75, 3.05) is 21.3 Å². The van der Waals surface area contributed by atoms with Crippen LogP contribution in [0.5, 0.6) is 23.0 Å². The van der Waals surface area contributed by atoms with E-state index in [1.807, 2.05) is 18.2 Å². The van der Waals surface area contributed by atoms with Crippen LogP contribution < -0.4 is 18.9 Å². The Balaban J connectivity index is 1.86. The van der Waals surface area contributed by atoms with Crippen LogP contribution in [0.25, 0.3) is 0 Å². The number of hydrogen-bond donors (Lipinski definition) is 0. The topological polar surface area (TPSA) is 54.0 Å². The number of aryl methyl sites for hydroxylation is 2.